The molecule has 0 radical (unpaired) electrons. The van der Waals surface area contributed by atoms with Crippen LogP contribution in [0.5, 0.6) is 0 Å². The van der Waals surface area contributed by atoms with Gasteiger partial charge in [0.05, 0.1) is 15.2 Å². The second kappa shape index (κ2) is 4.67. The van der Waals surface area contributed by atoms with E-state index >= 15 is 0 Å². The molecule has 17 heavy (non-hydrogen) atoms. The van der Waals surface area contributed by atoms with Crippen LogP contribution in [0.2, 0.25) is 0 Å². The standard InChI is InChI=1S/C13H17BrN2S/c1-13(2,3)11(15)7-12-16-9-6-8(14)4-5-10(9)17-12/h4-6,11H,7,15H2,1-3H3. The van der Waals surface area contributed by atoms with E-state index in [9.17, 15) is 0 Å². The Kier molecular flexibility index (Phi) is 3.57. The van der Waals surface area contributed by atoms with Crippen molar-refractivity contribution >= 4 is 37.5 Å². The third kappa shape index (κ3) is 3.06. The number of rotatable bonds is 2. The Hall–Kier alpha value is -0.450. The third-order valence-corrected chi connectivity index (χ3v) is 4.45. The molecule has 92 valence electrons. The second-order valence-corrected chi connectivity index (χ2v) is 7.43. The van der Waals surface area contributed by atoms with E-state index in [1.54, 1.807) is 11.3 Å². The van der Waals surface area contributed by atoms with Crippen molar-refractivity contribution in [3.63, 3.8) is 0 Å². The molecule has 0 aliphatic carbocycles. The number of hydrogen-bond acceptors (Lipinski definition) is 3. The van der Waals surface area contributed by atoms with Gasteiger partial charge >= 0.3 is 0 Å². The van der Waals surface area contributed by atoms with Crippen LogP contribution in [-0.4, -0.2) is 11.0 Å². The van der Waals surface area contributed by atoms with E-state index < -0.39 is 0 Å². The highest BCUT2D eigenvalue weighted by Crippen LogP contribution is 2.28. The zero-order valence-corrected chi connectivity index (χ0v) is 12.7. The number of halogens is 1. The van der Waals surface area contributed by atoms with Gasteiger partial charge in [0.15, 0.2) is 0 Å². The summed E-state index contributed by atoms with van der Waals surface area (Å²) >= 11 is 5.20. The quantitative estimate of drug-likeness (QED) is 0.911. The number of nitrogens with zero attached hydrogens (tertiary/aromatic N) is 1. The van der Waals surface area contributed by atoms with Crippen molar-refractivity contribution in [3.8, 4) is 0 Å². The molecule has 2 aromatic rings. The predicted molar refractivity (Wildman–Crippen MR) is 78.5 cm³/mol. The SMILES string of the molecule is CC(C)(C)C(N)Cc1nc2cc(Br)ccc2s1. The van der Waals surface area contributed by atoms with Crippen LogP contribution in [0.15, 0.2) is 22.7 Å². The average molecular weight is 313 g/mol. The fourth-order valence-corrected chi connectivity index (χ4v) is 2.88. The minimum atomic E-state index is 0.123. The summed E-state index contributed by atoms with van der Waals surface area (Å²) < 4.78 is 2.30. The summed E-state index contributed by atoms with van der Waals surface area (Å²) in [6.45, 7) is 6.50. The van der Waals surface area contributed by atoms with Gasteiger partial charge in [-0.05, 0) is 23.6 Å². The zero-order chi connectivity index (χ0) is 12.6. The highest BCUT2D eigenvalue weighted by Gasteiger charge is 2.22. The lowest BCUT2D eigenvalue weighted by Crippen LogP contribution is -2.36. The Bertz CT molecular complexity index is 528. The highest BCUT2D eigenvalue weighted by atomic mass is 79.9. The normalized spacial score (nSPS) is 14.2. The van der Waals surface area contributed by atoms with Crippen LogP contribution in [0, 0.1) is 5.41 Å². The number of benzene rings is 1. The van der Waals surface area contributed by atoms with Gasteiger partial charge in [-0.25, -0.2) is 4.98 Å². The van der Waals surface area contributed by atoms with Crippen LogP contribution >= 0.6 is 27.3 Å². The second-order valence-electron chi connectivity index (χ2n) is 5.40. The van der Waals surface area contributed by atoms with Gasteiger partial charge in [0, 0.05) is 16.9 Å². The van der Waals surface area contributed by atoms with E-state index in [1.165, 1.54) is 4.70 Å². The van der Waals surface area contributed by atoms with Gasteiger partial charge in [0.2, 0.25) is 0 Å². The molecule has 2 N–H and O–H groups in total. The molecule has 0 spiro atoms. The van der Waals surface area contributed by atoms with Crippen molar-refractivity contribution in [2.75, 3.05) is 0 Å². The zero-order valence-electron chi connectivity index (χ0n) is 10.3. The maximum atomic E-state index is 6.19. The Morgan fingerprint density at radius 2 is 2.12 bits per heavy atom. The van der Waals surface area contributed by atoms with E-state index in [0.29, 0.717) is 0 Å². The molecule has 1 aromatic heterocycles. The molecule has 0 fully saturated rings. The first-order valence-electron chi connectivity index (χ1n) is 5.67. The summed E-state index contributed by atoms with van der Waals surface area (Å²) in [5, 5.41) is 1.13. The molecular formula is C13H17BrN2S. The average Bonchev–Trinajstić information content (AvgIpc) is 2.57. The van der Waals surface area contributed by atoms with Gasteiger partial charge in [-0.3, -0.25) is 0 Å². The monoisotopic (exact) mass is 312 g/mol. The molecule has 1 heterocycles. The fraction of sp³-hybridized carbons (Fsp3) is 0.462. The largest absolute Gasteiger partial charge is 0.327 e. The molecule has 0 aliphatic heterocycles. The van der Waals surface area contributed by atoms with Crippen molar-refractivity contribution in [2.24, 2.45) is 11.1 Å². The van der Waals surface area contributed by atoms with Crippen molar-refractivity contribution in [1.29, 1.82) is 0 Å². The van der Waals surface area contributed by atoms with Crippen LogP contribution < -0.4 is 5.73 Å². The molecule has 0 saturated heterocycles. The first-order chi connectivity index (χ1) is 7.86. The van der Waals surface area contributed by atoms with Crippen LogP contribution in [0.25, 0.3) is 10.2 Å². The van der Waals surface area contributed by atoms with Gasteiger partial charge in [-0.2, -0.15) is 0 Å². The first-order valence-corrected chi connectivity index (χ1v) is 7.28. The van der Waals surface area contributed by atoms with E-state index in [0.717, 1.165) is 21.4 Å². The minimum Gasteiger partial charge on any atom is -0.327 e. The summed E-state index contributed by atoms with van der Waals surface area (Å²) in [6.07, 6.45) is 0.848. The minimum absolute atomic E-state index is 0.123. The Balaban J connectivity index is 2.25. The molecule has 1 unspecified atom stereocenters. The summed E-state index contributed by atoms with van der Waals surface area (Å²) in [4.78, 5) is 4.64. The fourth-order valence-electron chi connectivity index (χ4n) is 1.53. The van der Waals surface area contributed by atoms with Gasteiger partial charge in [0.1, 0.15) is 0 Å². The van der Waals surface area contributed by atoms with Gasteiger partial charge < -0.3 is 5.73 Å². The third-order valence-electron chi connectivity index (χ3n) is 2.90. The molecule has 0 saturated carbocycles. The Morgan fingerprint density at radius 1 is 1.41 bits per heavy atom. The summed E-state index contributed by atoms with van der Waals surface area (Å²) in [5.74, 6) is 0. The van der Waals surface area contributed by atoms with Gasteiger partial charge in [-0.15, -0.1) is 11.3 Å². The first kappa shape index (κ1) is 13.0. The number of aromatic nitrogens is 1. The van der Waals surface area contributed by atoms with E-state index in [1.807, 2.05) is 6.07 Å². The summed E-state index contributed by atoms with van der Waals surface area (Å²) in [6, 6.07) is 6.35. The lowest BCUT2D eigenvalue weighted by Gasteiger charge is -2.26. The molecule has 0 aliphatic rings. The Labute approximate surface area is 114 Å². The number of thiazole rings is 1. The summed E-state index contributed by atoms with van der Waals surface area (Å²) in [7, 11) is 0. The molecule has 4 heteroatoms. The number of nitrogens with two attached hydrogens (primary N) is 1. The van der Waals surface area contributed by atoms with Crippen LogP contribution in [0.1, 0.15) is 25.8 Å². The summed E-state index contributed by atoms with van der Waals surface area (Å²) in [5.41, 5.74) is 7.37. The molecular weight excluding hydrogens is 296 g/mol. The number of fused-ring (bicyclic) bond motifs is 1. The van der Waals surface area contributed by atoms with Crippen LogP contribution in [0.3, 0.4) is 0 Å². The van der Waals surface area contributed by atoms with Crippen molar-refractivity contribution in [3.05, 3.63) is 27.7 Å². The van der Waals surface area contributed by atoms with Crippen molar-refractivity contribution < 1.29 is 0 Å². The van der Waals surface area contributed by atoms with E-state index in [2.05, 4.69) is 53.8 Å². The van der Waals surface area contributed by atoms with Crippen molar-refractivity contribution in [2.45, 2.75) is 33.2 Å². The predicted octanol–water partition coefficient (Wildman–Crippen LogP) is 3.97. The molecule has 0 amide bonds. The van der Waals surface area contributed by atoms with E-state index in [4.69, 9.17) is 5.73 Å². The lowest BCUT2D eigenvalue weighted by atomic mass is 9.86. The molecule has 0 bridgehead atoms. The lowest BCUT2D eigenvalue weighted by molar-refractivity contribution is 0.318. The van der Waals surface area contributed by atoms with Crippen molar-refractivity contribution in [1.82, 2.24) is 4.98 Å². The van der Waals surface area contributed by atoms with E-state index in [-0.39, 0.29) is 11.5 Å². The maximum absolute atomic E-state index is 6.19. The smallest absolute Gasteiger partial charge is 0.0954 e. The highest BCUT2D eigenvalue weighted by molar-refractivity contribution is 9.10. The molecule has 2 rings (SSSR count). The topological polar surface area (TPSA) is 38.9 Å². The Morgan fingerprint density at radius 3 is 2.76 bits per heavy atom. The molecule has 1 aromatic carbocycles. The van der Waals surface area contributed by atoms with Crippen LogP contribution in [0.4, 0.5) is 0 Å². The van der Waals surface area contributed by atoms with Gasteiger partial charge in [0.25, 0.3) is 0 Å². The molecule has 2 nitrogen and oxygen atoms in total. The maximum Gasteiger partial charge on any atom is 0.0954 e. The molecule has 1 atom stereocenters. The van der Waals surface area contributed by atoms with Gasteiger partial charge in [-0.1, -0.05) is 36.7 Å². The number of hydrogen-bond donors (Lipinski definition) is 1. The van der Waals surface area contributed by atoms with Crippen LogP contribution in [-0.2, 0) is 6.42 Å².